The van der Waals surface area contributed by atoms with Crippen LogP contribution in [0.4, 0.5) is 5.69 Å². The maximum atomic E-state index is 13.8. The van der Waals surface area contributed by atoms with Gasteiger partial charge in [-0.05, 0) is 89.3 Å². The highest BCUT2D eigenvalue weighted by molar-refractivity contribution is 6.03. The van der Waals surface area contributed by atoms with Gasteiger partial charge in [-0.25, -0.2) is 0 Å². The SMILES string of the molecule is CCn1nccc1C(=O)NC(C)(C(=O)Nc1ccc(-c2c(C)n[nH]c2C)nc1)C(C1CC1)C1CC1. The molecule has 9 nitrogen and oxygen atoms in total. The van der Waals surface area contributed by atoms with Gasteiger partial charge in [0.05, 0.1) is 23.3 Å². The third kappa shape index (κ3) is 4.47. The van der Waals surface area contributed by atoms with E-state index >= 15 is 0 Å². The number of carbonyl (C=O) groups excluding carboxylic acids is 2. The molecule has 3 N–H and O–H groups in total. The number of aryl methyl sites for hydroxylation is 3. The lowest BCUT2D eigenvalue weighted by atomic mass is 9.77. The molecule has 184 valence electrons. The largest absolute Gasteiger partial charge is 0.336 e. The van der Waals surface area contributed by atoms with Gasteiger partial charge in [-0.3, -0.25) is 24.4 Å². The molecule has 0 aromatic carbocycles. The summed E-state index contributed by atoms with van der Waals surface area (Å²) in [5.74, 6) is 0.549. The molecule has 1 unspecified atom stereocenters. The predicted molar refractivity (Wildman–Crippen MR) is 133 cm³/mol. The highest BCUT2D eigenvalue weighted by Gasteiger charge is 2.55. The lowest BCUT2D eigenvalue weighted by molar-refractivity contribution is -0.124. The lowest BCUT2D eigenvalue weighted by Gasteiger charge is -2.38. The first-order valence-corrected chi connectivity index (χ1v) is 12.5. The molecular formula is C26H33N7O2. The number of rotatable bonds is 9. The van der Waals surface area contributed by atoms with E-state index in [4.69, 9.17) is 0 Å². The van der Waals surface area contributed by atoms with Crippen molar-refractivity contribution < 1.29 is 9.59 Å². The van der Waals surface area contributed by atoms with Crippen molar-refractivity contribution in [1.82, 2.24) is 30.3 Å². The molecule has 1 atom stereocenters. The Kier molecular flexibility index (Phi) is 5.94. The number of H-pyrrole nitrogens is 1. The fourth-order valence-corrected chi connectivity index (χ4v) is 5.41. The zero-order chi connectivity index (χ0) is 24.7. The van der Waals surface area contributed by atoms with Gasteiger partial charge in [0, 0.05) is 24.0 Å². The molecule has 5 rings (SSSR count). The summed E-state index contributed by atoms with van der Waals surface area (Å²) in [6.07, 6.45) is 7.69. The minimum absolute atomic E-state index is 0.105. The van der Waals surface area contributed by atoms with Crippen molar-refractivity contribution in [3.05, 3.63) is 47.7 Å². The third-order valence-electron chi connectivity index (χ3n) is 7.43. The van der Waals surface area contributed by atoms with Crippen LogP contribution in [0.5, 0.6) is 0 Å². The Morgan fingerprint density at radius 1 is 1.17 bits per heavy atom. The van der Waals surface area contributed by atoms with E-state index in [9.17, 15) is 9.59 Å². The van der Waals surface area contributed by atoms with Crippen LogP contribution >= 0.6 is 0 Å². The molecule has 0 spiro atoms. The van der Waals surface area contributed by atoms with Gasteiger partial charge in [-0.15, -0.1) is 0 Å². The monoisotopic (exact) mass is 475 g/mol. The Morgan fingerprint density at radius 2 is 1.89 bits per heavy atom. The number of aromatic nitrogens is 5. The molecular weight excluding hydrogens is 442 g/mol. The Labute approximate surface area is 205 Å². The van der Waals surface area contributed by atoms with Crippen molar-refractivity contribution in [2.45, 2.75) is 65.5 Å². The van der Waals surface area contributed by atoms with Crippen molar-refractivity contribution in [2.24, 2.45) is 17.8 Å². The zero-order valence-electron chi connectivity index (χ0n) is 20.8. The first-order chi connectivity index (χ1) is 16.8. The fraction of sp³-hybridized carbons (Fsp3) is 0.500. The van der Waals surface area contributed by atoms with Gasteiger partial charge >= 0.3 is 0 Å². The number of nitrogens with one attached hydrogen (secondary N) is 3. The summed E-state index contributed by atoms with van der Waals surface area (Å²) < 4.78 is 1.65. The Morgan fingerprint density at radius 3 is 2.43 bits per heavy atom. The fourth-order valence-electron chi connectivity index (χ4n) is 5.41. The molecule has 2 aliphatic carbocycles. The smallest absolute Gasteiger partial charge is 0.270 e. The van der Waals surface area contributed by atoms with Crippen molar-refractivity contribution >= 4 is 17.5 Å². The maximum Gasteiger partial charge on any atom is 0.270 e. The standard InChI is InChI=1S/C26H33N7O2/c1-5-33-21(12-13-28-33)24(34)30-26(4,23(17-6-7-17)18-8-9-18)25(35)29-19-10-11-20(27-14-19)22-15(2)31-32-16(22)3/h10-14,17-18,23H,5-9H2,1-4H3,(H,29,35)(H,30,34)(H,31,32). The molecule has 3 heterocycles. The van der Waals surface area contributed by atoms with Gasteiger partial charge in [0.25, 0.3) is 5.91 Å². The summed E-state index contributed by atoms with van der Waals surface area (Å²) in [5.41, 5.74) is 3.61. The normalized spacial score (nSPS) is 17.3. The second kappa shape index (κ2) is 8.94. The quantitative estimate of drug-likeness (QED) is 0.434. The number of hydrogen-bond acceptors (Lipinski definition) is 5. The highest BCUT2D eigenvalue weighted by atomic mass is 16.2. The second-order valence-electron chi connectivity index (χ2n) is 10.1. The molecule has 2 saturated carbocycles. The van der Waals surface area contributed by atoms with Crippen LogP contribution in [0.25, 0.3) is 11.3 Å². The van der Waals surface area contributed by atoms with Gasteiger partial charge in [0.1, 0.15) is 11.2 Å². The molecule has 2 fully saturated rings. The van der Waals surface area contributed by atoms with Crippen molar-refractivity contribution in [3.63, 3.8) is 0 Å². The number of anilines is 1. The molecule has 2 aliphatic rings. The van der Waals surface area contributed by atoms with Crippen LogP contribution in [0.2, 0.25) is 0 Å². The van der Waals surface area contributed by atoms with Crippen LogP contribution in [0.1, 0.15) is 61.4 Å². The molecule has 3 aromatic heterocycles. The Hall–Kier alpha value is -3.49. The summed E-state index contributed by atoms with van der Waals surface area (Å²) in [5, 5.41) is 17.6. The van der Waals surface area contributed by atoms with Crippen molar-refractivity contribution in [2.75, 3.05) is 5.32 Å². The third-order valence-corrected chi connectivity index (χ3v) is 7.43. The Bertz CT molecular complexity index is 1210. The van der Waals surface area contributed by atoms with E-state index in [1.54, 1.807) is 23.1 Å². The lowest BCUT2D eigenvalue weighted by Crippen LogP contribution is -2.60. The number of amides is 2. The Balaban J connectivity index is 1.40. The molecule has 3 aromatic rings. The summed E-state index contributed by atoms with van der Waals surface area (Å²) >= 11 is 0. The van der Waals surface area contributed by atoms with E-state index < -0.39 is 5.54 Å². The molecule has 0 saturated heterocycles. The van der Waals surface area contributed by atoms with Crippen LogP contribution in [0.3, 0.4) is 0 Å². The first-order valence-electron chi connectivity index (χ1n) is 12.5. The van der Waals surface area contributed by atoms with Crippen LogP contribution < -0.4 is 10.6 Å². The van der Waals surface area contributed by atoms with Crippen LogP contribution in [0, 0.1) is 31.6 Å². The number of carbonyl (C=O) groups is 2. The van der Waals surface area contributed by atoms with E-state index in [-0.39, 0.29) is 17.7 Å². The molecule has 2 amide bonds. The van der Waals surface area contributed by atoms with Crippen LogP contribution in [0.15, 0.2) is 30.6 Å². The molecule has 0 aliphatic heterocycles. The topological polar surface area (TPSA) is 118 Å². The van der Waals surface area contributed by atoms with E-state index in [2.05, 4.69) is 30.9 Å². The molecule has 0 bridgehead atoms. The van der Waals surface area contributed by atoms with E-state index in [1.807, 2.05) is 39.8 Å². The average molecular weight is 476 g/mol. The minimum atomic E-state index is -1.04. The molecule has 0 radical (unpaired) electrons. The summed E-state index contributed by atoms with van der Waals surface area (Å²) in [7, 11) is 0. The van der Waals surface area contributed by atoms with Gasteiger partial charge in [-0.2, -0.15) is 10.2 Å². The van der Waals surface area contributed by atoms with Gasteiger partial charge in [0.15, 0.2) is 0 Å². The summed E-state index contributed by atoms with van der Waals surface area (Å²) in [6.45, 7) is 8.30. The number of hydrogen-bond donors (Lipinski definition) is 3. The zero-order valence-corrected chi connectivity index (χ0v) is 20.8. The van der Waals surface area contributed by atoms with E-state index in [0.29, 0.717) is 29.8 Å². The van der Waals surface area contributed by atoms with Crippen LogP contribution in [-0.2, 0) is 11.3 Å². The first kappa shape index (κ1) is 23.3. The van der Waals surface area contributed by atoms with E-state index in [1.165, 1.54) is 0 Å². The summed E-state index contributed by atoms with van der Waals surface area (Å²) in [4.78, 5) is 31.7. The van der Waals surface area contributed by atoms with Crippen molar-refractivity contribution in [1.29, 1.82) is 0 Å². The molecule has 9 heteroatoms. The maximum absolute atomic E-state index is 13.8. The summed E-state index contributed by atoms with van der Waals surface area (Å²) in [6, 6.07) is 5.43. The van der Waals surface area contributed by atoms with Gasteiger partial charge < -0.3 is 10.6 Å². The number of nitrogens with zero attached hydrogens (tertiary/aromatic N) is 4. The van der Waals surface area contributed by atoms with Crippen LogP contribution in [-0.4, -0.2) is 42.3 Å². The minimum Gasteiger partial charge on any atom is -0.336 e. The van der Waals surface area contributed by atoms with Crippen molar-refractivity contribution in [3.8, 4) is 11.3 Å². The number of aromatic amines is 1. The van der Waals surface area contributed by atoms with Gasteiger partial charge in [-0.1, -0.05) is 0 Å². The number of pyridine rings is 1. The predicted octanol–water partition coefficient (Wildman–Crippen LogP) is 3.87. The molecule has 35 heavy (non-hydrogen) atoms. The highest BCUT2D eigenvalue weighted by Crippen LogP contribution is 2.53. The van der Waals surface area contributed by atoms with E-state index in [0.717, 1.165) is 48.3 Å². The second-order valence-corrected chi connectivity index (χ2v) is 10.1. The average Bonchev–Trinajstić information content (AvgIpc) is 3.77. The van der Waals surface area contributed by atoms with Gasteiger partial charge in [0.2, 0.25) is 5.91 Å².